The monoisotopic (exact) mass is 352 g/mol. The number of nitrogens with two attached hydrogens (primary N) is 1. The molecule has 1 heterocycles. The first-order valence-electron chi connectivity index (χ1n) is 7.99. The van der Waals surface area contributed by atoms with Crippen LogP contribution in [0.2, 0.25) is 0 Å². The number of hydrogen-bond acceptors (Lipinski definition) is 5. The van der Waals surface area contributed by atoms with Gasteiger partial charge in [-0.05, 0) is 48.9 Å². The molecular formula is C16H24N4O3S. The SMILES string of the molecule is NC(=O)Cc1ccccc1NSCNCC1CCN(C(=O)O)CC1. The summed E-state index contributed by atoms with van der Waals surface area (Å²) in [6.45, 7) is 2.12. The lowest BCUT2D eigenvalue weighted by atomic mass is 9.97. The Kier molecular flexibility index (Phi) is 7.20. The van der Waals surface area contributed by atoms with Gasteiger partial charge in [-0.1, -0.05) is 18.2 Å². The fourth-order valence-corrected chi connectivity index (χ4v) is 3.36. The number of rotatable bonds is 8. The second-order valence-corrected chi connectivity index (χ2v) is 6.64. The normalized spacial score (nSPS) is 15.2. The molecule has 1 saturated heterocycles. The van der Waals surface area contributed by atoms with E-state index in [1.54, 1.807) is 0 Å². The summed E-state index contributed by atoms with van der Waals surface area (Å²) in [5.41, 5.74) is 7.04. The van der Waals surface area contributed by atoms with Crippen molar-refractivity contribution in [3.05, 3.63) is 29.8 Å². The minimum Gasteiger partial charge on any atom is -0.465 e. The Bertz CT molecular complexity index is 562. The van der Waals surface area contributed by atoms with Gasteiger partial charge in [0.1, 0.15) is 0 Å². The van der Waals surface area contributed by atoms with Gasteiger partial charge in [0.05, 0.1) is 12.3 Å². The smallest absolute Gasteiger partial charge is 0.407 e. The number of benzene rings is 1. The Morgan fingerprint density at radius 1 is 1.29 bits per heavy atom. The van der Waals surface area contributed by atoms with Crippen LogP contribution in [0.4, 0.5) is 10.5 Å². The maximum Gasteiger partial charge on any atom is 0.407 e. The molecule has 0 aromatic heterocycles. The highest BCUT2D eigenvalue weighted by atomic mass is 32.2. The highest BCUT2D eigenvalue weighted by molar-refractivity contribution is 8.00. The second-order valence-electron chi connectivity index (χ2n) is 5.86. The predicted octanol–water partition coefficient (Wildman–Crippen LogP) is 1.71. The second kappa shape index (κ2) is 9.39. The summed E-state index contributed by atoms with van der Waals surface area (Å²) in [7, 11) is 0. The van der Waals surface area contributed by atoms with Crippen LogP contribution in [0.15, 0.2) is 24.3 Å². The molecule has 0 bridgehead atoms. The van der Waals surface area contributed by atoms with E-state index in [1.807, 2.05) is 24.3 Å². The summed E-state index contributed by atoms with van der Waals surface area (Å²) in [5.74, 6) is 0.896. The van der Waals surface area contributed by atoms with Gasteiger partial charge in [0, 0.05) is 18.8 Å². The number of amides is 2. The van der Waals surface area contributed by atoms with E-state index in [2.05, 4.69) is 10.0 Å². The lowest BCUT2D eigenvalue weighted by Gasteiger charge is -2.30. The summed E-state index contributed by atoms with van der Waals surface area (Å²) in [6.07, 6.45) is 1.20. The molecule has 132 valence electrons. The molecule has 1 fully saturated rings. The molecule has 1 aromatic rings. The number of carbonyl (C=O) groups is 2. The Morgan fingerprint density at radius 2 is 2.00 bits per heavy atom. The Labute approximate surface area is 146 Å². The summed E-state index contributed by atoms with van der Waals surface area (Å²) < 4.78 is 3.24. The molecular weight excluding hydrogens is 328 g/mol. The summed E-state index contributed by atoms with van der Waals surface area (Å²) >= 11 is 1.52. The molecule has 0 radical (unpaired) electrons. The van der Waals surface area contributed by atoms with Crippen molar-refractivity contribution in [1.82, 2.24) is 10.2 Å². The number of likely N-dealkylation sites (tertiary alicyclic amines) is 1. The first-order valence-corrected chi connectivity index (χ1v) is 8.97. The first kappa shape index (κ1) is 18.4. The molecule has 0 unspecified atom stereocenters. The van der Waals surface area contributed by atoms with Gasteiger partial charge in [-0.15, -0.1) is 0 Å². The molecule has 7 nitrogen and oxygen atoms in total. The number of nitrogens with one attached hydrogen (secondary N) is 2. The molecule has 2 rings (SSSR count). The van der Waals surface area contributed by atoms with Crippen LogP contribution >= 0.6 is 11.9 Å². The zero-order chi connectivity index (χ0) is 17.4. The fraction of sp³-hybridized carbons (Fsp3) is 0.500. The summed E-state index contributed by atoms with van der Waals surface area (Å²) in [6, 6.07) is 7.61. The van der Waals surface area contributed by atoms with Crippen LogP contribution in [0.3, 0.4) is 0 Å². The average molecular weight is 352 g/mol. The lowest BCUT2D eigenvalue weighted by molar-refractivity contribution is -0.117. The number of hydrogen-bond donors (Lipinski definition) is 4. The molecule has 0 aliphatic carbocycles. The van der Waals surface area contributed by atoms with Gasteiger partial charge in [-0.2, -0.15) is 0 Å². The van der Waals surface area contributed by atoms with Crippen molar-refractivity contribution in [1.29, 1.82) is 0 Å². The largest absolute Gasteiger partial charge is 0.465 e. The lowest BCUT2D eigenvalue weighted by Crippen LogP contribution is -2.40. The van der Waals surface area contributed by atoms with Crippen LogP contribution in [0.1, 0.15) is 18.4 Å². The molecule has 0 saturated carbocycles. The van der Waals surface area contributed by atoms with Crippen molar-refractivity contribution in [3.8, 4) is 0 Å². The number of piperidine rings is 1. The quantitative estimate of drug-likeness (QED) is 0.322. The van der Waals surface area contributed by atoms with Gasteiger partial charge in [-0.25, -0.2) is 4.79 Å². The zero-order valence-corrected chi connectivity index (χ0v) is 14.3. The van der Waals surface area contributed by atoms with Crippen LogP contribution < -0.4 is 15.8 Å². The first-order chi connectivity index (χ1) is 11.6. The van der Waals surface area contributed by atoms with Gasteiger partial charge in [0.25, 0.3) is 0 Å². The number of anilines is 1. The van der Waals surface area contributed by atoms with Crippen molar-refractivity contribution in [2.24, 2.45) is 11.7 Å². The van der Waals surface area contributed by atoms with E-state index in [-0.39, 0.29) is 12.3 Å². The van der Waals surface area contributed by atoms with Gasteiger partial charge in [0.2, 0.25) is 5.91 Å². The van der Waals surface area contributed by atoms with Crippen molar-refractivity contribution < 1.29 is 14.7 Å². The molecule has 5 N–H and O–H groups in total. The number of primary amides is 1. The van der Waals surface area contributed by atoms with Crippen molar-refractivity contribution >= 4 is 29.6 Å². The van der Waals surface area contributed by atoms with Gasteiger partial charge < -0.3 is 25.8 Å². The number of carboxylic acid groups (broad SMARTS) is 1. The fourth-order valence-electron chi connectivity index (χ4n) is 2.72. The third kappa shape index (κ3) is 5.93. The van der Waals surface area contributed by atoms with E-state index in [1.165, 1.54) is 16.8 Å². The summed E-state index contributed by atoms with van der Waals surface area (Å²) in [5, 5.41) is 12.3. The Balaban J connectivity index is 1.64. The molecule has 2 amide bonds. The van der Waals surface area contributed by atoms with Gasteiger partial charge >= 0.3 is 6.09 Å². The van der Waals surface area contributed by atoms with Crippen LogP contribution in [0, 0.1) is 5.92 Å². The molecule has 1 aliphatic rings. The van der Waals surface area contributed by atoms with E-state index >= 15 is 0 Å². The molecule has 1 aromatic carbocycles. The molecule has 8 heteroatoms. The van der Waals surface area contributed by atoms with Crippen molar-refractivity contribution in [2.75, 3.05) is 30.2 Å². The van der Waals surface area contributed by atoms with E-state index in [4.69, 9.17) is 10.8 Å². The minimum atomic E-state index is -0.823. The molecule has 24 heavy (non-hydrogen) atoms. The topological polar surface area (TPSA) is 108 Å². The Morgan fingerprint density at radius 3 is 2.67 bits per heavy atom. The number of para-hydroxylation sites is 1. The van der Waals surface area contributed by atoms with E-state index in [0.717, 1.165) is 36.5 Å². The highest BCUT2D eigenvalue weighted by Crippen LogP contribution is 2.19. The van der Waals surface area contributed by atoms with Crippen LogP contribution in [-0.4, -0.2) is 47.5 Å². The third-order valence-electron chi connectivity index (χ3n) is 4.06. The van der Waals surface area contributed by atoms with Crippen LogP contribution in [0.5, 0.6) is 0 Å². The molecule has 0 atom stereocenters. The van der Waals surface area contributed by atoms with Crippen molar-refractivity contribution in [3.63, 3.8) is 0 Å². The third-order valence-corrected chi connectivity index (χ3v) is 4.77. The van der Waals surface area contributed by atoms with Crippen LogP contribution in [0.25, 0.3) is 0 Å². The maximum atomic E-state index is 11.1. The standard InChI is InChI=1S/C16H24N4O3S/c17-15(21)9-13-3-1-2-4-14(13)19-24-11-18-10-12-5-7-20(8-6-12)16(22)23/h1-4,12,18-19H,5-11H2,(H2,17,21)(H,22,23). The van der Waals surface area contributed by atoms with Crippen LogP contribution in [-0.2, 0) is 11.2 Å². The Hall–Kier alpha value is -1.93. The van der Waals surface area contributed by atoms with Crippen molar-refractivity contribution in [2.45, 2.75) is 19.3 Å². The number of nitrogens with zero attached hydrogens (tertiary/aromatic N) is 1. The van der Waals surface area contributed by atoms with E-state index in [9.17, 15) is 9.59 Å². The van der Waals surface area contributed by atoms with Gasteiger partial charge in [0.15, 0.2) is 0 Å². The number of carbonyl (C=O) groups excluding carboxylic acids is 1. The molecule has 0 spiro atoms. The highest BCUT2D eigenvalue weighted by Gasteiger charge is 2.21. The molecule has 1 aliphatic heterocycles. The summed E-state index contributed by atoms with van der Waals surface area (Å²) in [4.78, 5) is 23.4. The zero-order valence-electron chi connectivity index (χ0n) is 13.5. The maximum absolute atomic E-state index is 11.1. The van der Waals surface area contributed by atoms with E-state index in [0.29, 0.717) is 19.0 Å². The van der Waals surface area contributed by atoms with E-state index < -0.39 is 6.09 Å². The van der Waals surface area contributed by atoms with Gasteiger partial charge in [-0.3, -0.25) is 4.79 Å². The minimum absolute atomic E-state index is 0.222. The predicted molar refractivity (Wildman–Crippen MR) is 95.7 cm³/mol. The average Bonchev–Trinajstić information content (AvgIpc) is 2.56.